The molecule has 0 rings (SSSR count). The lowest BCUT2D eigenvalue weighted by Gasteiger charge is -1.79. The van der Waals surface area contributed by atoms with Crippen LogP contribution in [0.5, 0.6) is 0 Å². The van der Waals surface area contributed by atoms with Crippen molar-refractivity contribution >= 4 is 0 Å². The van der Waals surface area contributed by atoms with E-state index in [4.69, 9.17) is 20.4 Å². The Morgan fingerprint density at radius 2 is 2.00 bits per heavy atom. The summed E-state index contributed by atoms with van der Waals surface area (Å²) in [4.78, 5) is 8.36. The summed E-state index contributed by atoms with van der Waals surface area (Å²) in [6.45, 7) is 2.40. The number of unbranched alkanes of at least 4 members (excludes halogenated alkanes) is 1. The van der Waals surface area contributed by atoms with E-state index < -0.39 is 5.09 Å². The van der Waals surface area contributed by atoms with E-state index in [1.165, 1.54) is 0 Å². The topological polar surface area (TPSA) is 83.6 Å². The third-order valence-electron chi connectivity index (χ3n) is 0.512. The van der Waals surface area contributed by atoms with Crippen molar-refractivity contribution in [1.82, 2.24) is 0 Å². The fourth-order valence-electron chi connectivity index (χ4n) is 0.158. The van der Waals surface area contributed by atoms with Crippen molar-refractivity contribution in [2.75, 3.05) is 6.61 Å². The number of rotatable bonds is 2. The first-order valence-corrected chi connectivity index (χ1v) is 2.59. The van der Waals surface area contributed by atoms with E-state index in [2.05, 4.69) is 6.92 Å². The van der Waals surface area contributed by atoms with Crippen molar-refractivity contribution in [3.8, 4) is 0 Å². The molecule has 0 radical (unpaired) electrons. The number of nitrogens with zero attached hydrogens (tertiary/aromatic N) is 1. The van der Waals surface area contributed by atoms with Crippen LogP contribution in [-0.4, -0.2) is 22.0 Å². The molecule has 0 atom stereocenters. The van der Waals surface area contributed by atoms with Crippen LogP contribution in [0.4, 0.5) is 0 Å². The Morgan fingerprint density at radius 3 is 2.00 bits per heavy atom. The molecule has 2 N–H and O–H groups in total. The summed E-state index contributed by atoms with van der Waals surface area (Å²) in [5.41, 5.74) is 0. The number of hydrogen-bond donors (Lipinski definition) is 2. The molecular weight excluding hydrogens is 126 g/mol. The number of hydrogen-bond acceptors (Lipinski definition) is 3. The highest BCUT2D eigenvalue weighted by Gasteiger charge is 1.69. The van der Waals surface area contributed by atoms with Crippen LogP contribution in [0.3, 0.4) is 0 Å². The zero-order chi connectivity index (χ0) is 7.70. The molecule has 0 unspecified atom stereocenters. The average molecular weight is 137 g/mol. The SMILES string of the molecule is CCCCO.O=[N+]([O-])O. The highest BCUT2D eigenvalue weighted by Crippen LogP contribution is 1.78. The maximum Gasteiger partial charge on any atom is 0.291 e. The van der Waals surface area contributed by atoms with Gasteiger partial charge in [0, 0.05) is 6.61 Å². The second kappa shape index (κ2) is 10.2. The first-order chi connectivity index (χ1) is 4.15. The van der Waals surface area contributed by atoms with E-state index in [0.717, 1.165) is 12.8 Å². The molecule has 0 spiro atoms. The molecular formula is C4H11NO4. The largest absolute Gasteiger partial charge is 0.396 e. The van der Waals surface area contributed by atoms with Gasteiger partial charge in [0.25, 0.3) is 5.09 Å². The molecule has 0 aliphatic rings. The Morgan fingerprint density at radius 1 is 1.67 bits per heavy atom. The number of aliphatic hydroxyl groups excluding tert-OH is 1. The van der Waals surface area contributed by atoms with Gasteiger partial charge in [-0.2, -0.15) is 0 Å². The van der Waals surface area contributed by atoms with Crippen LogP contribution in [0.2, 0.25) is 0 Å². The van der Waals surface area contributed by atoms with Crippen molar-refractivity contribution < 1.29 is 15.4 Å². The zero-order valence-corrected chi connectivity index (χ0v) is 5.28. The summed E-state index contributed by atoms with van der Waals surface area (Å²) in [6.07, 6.45) is 2.04. The van der Waals surface area contributed by atoms with Gasteiger partial charge < -0.3 is 10.3 Å². The minimum atomic E-state index is -1.50. The third kappa shape index (κ3) is 142. The average Bonchev–Trinajstić information content (AvgIpc) is 1.66. The summed E-state index contributed by atoms with van der Waals surface area (Å²) in [7, 11) is 0. The van der Waals surface area contributed by atoms with E-state index in [1.807, 2.05) is 0 Å². The van der Waals surface area contributed by atoms with Crippen LogP contribution < -0.4 is 0 Å². The van der Waals surface area contributed by atoms with Crippen molar-refractivity contribution in [3.63, 3.8) is 0 Å². The van der Waals surface area contributed by atoms with Crippen LogP contribution in [0.25, 0.3) is 0 Å². The summed E-state index contributed by atoms with van der Waals surface area (Å²) in [5.74, 6) is 0. The summed E-state index contributed by atoms with van der Waals surface area (Å²) >= 11 is 0. The van der Waals surface area contributed by atoms with E-state index >= 15 is 0 Å². The lowest BCUT2D eigenvalue weighted by molar-refractivity contribution is -0.742. The Hall–Kier alpha value is -0.840. The molecule has 0 bridgehead atoms. The van der Waals surface area contributed by atoms with Gasteiger partial charge in [-0.15, -0.1) is 10.1 Å². The van der Waals surface area contributed by atoms with Crippen molar-refractivity contribution in [1.29, 1.82) is 0 Å². The molecule has 56 valence electrons. The van der Waals surface area contributed by atoms with Gasteiger partial charge in [-0.3, -0.25) is 0 Å². The van der Waals surface area contributed by atoms with Gasteiger partial charge >= 0.3 is 0 Å². The van der Waals surface area contributed by atoms with Crippen LogP contribution in [0, 0.1) is 10.1 Å². The van der Waals surface area contributed by atoms with E-state index in [1.54, 1.807) is 0 Å². The molecule has 0 amide bonds. The van der Waals surface area contributed by atoms with Gasteiger partial charge in [0.2, 0.25) is 0 Å². The second-order valence-electron chi connectivity index (χ2n) is 1.31. The van der Waals surface area contributed by atoms with E-state index in [-0.39, 0.29) is 0 Å². The molecule has 0 aromatic rings. The molecule has 0 saturated carbocycles. The Kier molecular flexibility index (Phi) is 12.5. The quantitative estimate of drug-likeness (QED) is 0.427. The van der Waals surface area contributed by atoms with Crippen molar-refractivity contribution in [3.05, 3.63) is 10.1 Å². The maximum absolute atomic E-state index is 8.36. The molecule has 0 saturated heterocycles. The Bertz CT molecular complexity index is 59.6. The molecule has 0 heterocycles. The van der Waals surface area contributed by atoms with Crippen LogP contribution in [0.1, 0.15) is 19.8 Å². The Labute approximate surface area is 53.0 Å². The molecule has 5 heteroatoms. The van der Waals surface area contributed by atoms with Gasteiger partial charge in [0.15, 0.2) is 0 Å². The molecule has 0 aromatic carbocycles. The van der Waals surface area contributed by atoms with Crippen molar-refractivity contribution in [2.45, 2.75) is 19.8 Å². The number of aliphatic hydroxyl groups is 1. The first kappa shape index (κ1) is 11.0. The maximum atomic E-state index is 8.36. The van der Waals surface area contributed by atoms with Crippen LogP contribution in [-0.2, 0) is 0 Å². The Balaban J connectivity index is 0. The highest BCUT2D eigenvalue weighted by atomic mass is 16.9. The predicted octanol–water partition coefficient (Wildman–Crippen LogP) is 0.431. The normalized spacial score (nSPS) is 7.33. The van der Waals surface area contributed by atoms with Crippen LogP contribution >= 0.6 is 0 Å². The first-order valence-electron chi connectivity index (χ1n) is 2.59. The minimum Gasteiger partial charge on any atom is -0.396 e. The van der Waals surface area contributed by atoms with E-state index in [9.17, 15) is 0 Å². The molecule has 0 aliphatic carbocycles. The lowest BCUT2D eigenvalue weighted by atomic mass is 10.4. The fraction of sp³-hybridized carbons (Fsp3) is 1.00. The fourth-order valence-corrected chi connectivity index (χ4v) is 0.158. The zero-order valence-electron chi connectivity index (χ0n) is 5.28. The monoisotopic (exact) mass is 137 g/mol. The van der Waals surface area contributed by atoms with Gasteiger partial charge in [0.05, 0.1) is 0 Å². The van der Waals surface area contributed by atoms with Gasteiger partial charge in [0.1, 0.15) is 0 Å². The minimum absolute atomic E-state index is 0.344. The second-order valence-corrected chi connectivity index (χ2v) is 1.31. The summed E-state index contributed by atoms with van der Waals surface area (Å²) < 4.78 is 0. The molecule has 0 aliphatic heterocycles. The predicted molar refractivity (Wildman–Crippen MR) is 30.8 cm³/mol. The standard InChI is InChI=1S/C4H10O.HNO3/c1-2-3-4-5;2-1(3)4/h5H,2-4H2,1H3;(H,2,3,4). The van der Waals surface area contributed by atoms with Crippen LogP contribution in [0.15, 0.2) is 0 Å². The van der Waals surface area contributed by atoms with E-state index in [0.29, 0.717) is 6.61 Å². The summed E-state index contributed by atoms with van der Waals surface area (Å²) in [6, 6.07) is 0. The van der Waals surface area contributed by atoms with Crippen molar-refractivity contribution in [2.24, 2.45) is 0 Å². The van der Waals surface area contributed by atoms with Gasteiger partial charge in [-0.1, -0.05) is 13.3 Å². The molecule has 5 nitrogen and oxygen atoms in total. The molecule has 0 aromatic heterocycles. The highest BCUT2D eigenvalue weighted by molar-refractivity contribution is 4.23. The molecule has 0 fully saturated rings. The summed E-state index contributed by atoms with van der Waals surface area (Å²) in [5, 5.41) is 21.7. The molecule has 9 heavy (non-hydrogen) atoms. The van der Waals surface area contributed by atoms with Gasteiger partial charge in [-0.05, 0) is 6.42 Å². The smallest absolute Gasteiger partial charge is 0.291 e. The third-order valence-corrected chi connectivity index (χ3v) is 0.512. The lowest BCUT2D eigenvalue weighted by Crippen LogP contribution is -1.81. The van der Waals surface area contributed by atoms with Gasteiger partial charge in [-0.25, -0.2) is 0 Å².